The fourth-order valence-electron chi connectivity index (χ4n) is 9.11. The summed E-state index contributed by atoms with van der Waals surface area (Å²) in [4.78, 5) is 0. The summed E-state index contributed by atoms with van der Waals surface area (Å²) in [6.07, 6.45) is 31.3. The highest BCUT2D eigenvalue weighted by Crippen LogP contribution is 2.51. The minimum absolute atomic E-state index is 0.107. The molecular weight excluding hydrogens is 737 g/mol. The SMILES string of the molecule is C=C/C(=C\C=C/CC(=C/C=C\N)/C=C/C(/C=C(\C)c1ccccc1)c1ccccc1)n1c2ccccc2c2cc3c(cc21)C(=C)/C(=c1/cccc/c1=C1\C=CC=CC1)C3(C)C. The third-order valence-electron chi connectivity index (χ3n) is 12.2. The summed E-state index contributed by atoms with van der Waals surface area (Å²) in [5.41, 5.74) is 20.0. The van der Waals surface area contributed by atoms with Crippen molar-refractivity contribution in [3.05, 3.63) is 258 Å². The molecule has 61 heavy (non-hydrogen) atoms. The van der Waals surface area contributed by atoms with Gasteiger partial charge in [0.05, 0.1) is 11.0 Å². The lowest BCUT2D eigenvalue weighted by molar-refractivity contribution is 0.709. The van der Waals surface area contributed by atoms with Crippen molar-refractivity contribution in [3.8, 4) is 0 Å². The zero-order valence-electron chi connectivity index (χ0n) is 35.6. The Labute approximate surface area is 361 Å². The van der Waals surface area contributed by atoms with Crippen LogP contribution in [0.3, 0.4) is 0 Å². The van der Waals surface area contributed by atoms with Crippen molar-refractivity contribution in [1.82, 2.24) is 4.57 Å². The lowest BCUT2D eigenvalue weighted by atomic mass is 9.80. The predicted octanol–water partition coefficient (Wildman–Crippen LogP) is 13.4. The number of rotatable bonds is 11. The van der Waals surface area contributed by atoms with Gasteiger partial charge in [0.25, 0.3) is 0 Å². The molecule has 2 N–H and O–H groups in total. The highest BCUT2D eigenvalue weighted by molar-refractivity contribution is 6.15. The van der Waals surface area contributed by atoms with Gasteiger partial charge in [0.15, 0.2) is 0 Å². The number of allylic oxidation sites excluding steroid dienone is 17. The zero-order valence-corrected chi connectivity index (χ0v) is 35.6. The Balaban J connectivity index is 1.15. The summed E-state index contributed by atoms with van der Waals surface area (Å²) in [6, 6.07) is 43.6. The minimum atomic E-state index is -0.245. The molecule has 1 atom stereocenters. The summed E-state index contributed by atoms with van der Waals surface area (Å²) < 4.78 is 2.35. The highest BCUT2D eigenvalue weighted by atomic mass is 15.0. The van der Waals surface area contributed by atoms with E-state index in [0.29, 0.717) is 0 Å². The normalized spacial score (nSPS) is 18.0. The zero-order chi connectivity index (χ0) is 42.3. The Hall–Kier alpha value is -7.16. The molecule has 1 aromatic heterocycles. The molecule has 300 valence electrons. The van der Waals surface area contributed by atoms with Crippen molar-refractivity contribution in [2.24, 2.45) is 5.73 Å². The van der Waals surface area contributed by atoms with Crippen LogP contribution in [0.15, 0.2) is 225 Å². The molecule has 0 radical (unpaired) electrons. The predicted molar refractivity (Wildman–Crippen MR) is 265 cm³/mol. The van der Waals surface area contributed by atoms with Crippen LogP contribution in [0.25, 0.3) is 49.8 Å². The second-order valence-electron chi connectivity index (χ2n) is 16.4. The van der Waals surface area contributed by atoms with Gasteiger partial charge in [0.1, 0.15) is 0 Å². The van der Waals surface area contributed by atoms with Gasteiger partial charge in [-0.2, -0.15) is 0 Å². The second kappa shape index (κ2) is 18.0. The maximum atomic E-state index is 5.83. The van der Waals surface area contributed by atoms with Crippen LogP contribution in [0, 0.1) is 0 Å². The van der Waals surface area contributed by atoms with Crippen molar-refractivity contribution >= 4 is 49.8 Å². The van der Waals surface area contributed by atoms with Gasteiger partial charge in [-0.3, -0.25) is 0 Å². The molecule has 0 bridgehead atoms. The van der Waals surface area contributed by atoms with E-state index in [1.165, 1.54) is 60.2 Å². The lowest BCUT2D eigenvalue weighted by Gasteiger charge is -2.23. The average Bonchev–Trinajstić information content (AvgIpc) is 3.72. The maximum absolute atomic E-state index is 5.83. The van der Waals surface area contributed by atoms with Gasteiger partial charge >= 0.3 is 0 Å². The van der Waals surface area contributed by atoms with Crippen LogP contribution in [0.1, 0.15) is 61.8 Å². The first-order chi connectivity index (χ1) is 29.8. The molecule has 2 heteroatoms. The fraction of sp³-hybridized carbons (Fsp3) is 0.119. The quantitative estimate of drug-likeness (QED) is 0.130. The molecule has 8 rings (SSSR count). The maximum Gasteiger partial charge on any atom is 0.0547 e. The van der Waals surface area contributed by atoms with Crippen LogP contribution < -0.4 is 16.2 Å². The van der Waals surface area contributed by atoms with E-state index >= 15 is 0 Å². The molecule has 1 heterocycles. The number of aromatic nitrogens is 1. The van der Waals surface area contributed by atoms with Gasteiger partial charge in [0, 0.05) is 27.8 Å². The Kier molecular flexibility index (Phi) is 12.0. The van der Waals surface area contributed by atoms with Crippen molar-refractivity contribution in [2.75, 3.05) is 0 Å². The third kappa shape index (κ3) is 8.23. The van der Waals surface area contributed by atoms with E-state index in [2.05, 4.69) is 220 Å². The van der Waals surface area contributed by atoms with E-state index < -0.39 is 0 Å². The summed E-state index contributed by atoms with van der Waals surface area (Å²) in [6.45, 7) is 16.0. The van der Waals surface area contributed by atoms with Gasteiger partial charge < -0.3 is 10.3 Å². The molecule has 5 aromatic carbocycles. The number of benzene rings is 5. The average molecular weight is 791 g/mol. The van der Waals surface area contributed by atoms with Crippen molar-refractivity contribution < 1.29 is 0 Å². The number of hydrogen-bond donors (Lipinski definition) is 1. The topological polar surface area (TPSA) is 30.9 Å². The van der Waals surface area contributed by atoms with E-state index in [9.17, 15) is 0 Å². The highest BCUT2D eigenvalue weighted by Gasteiger charge is 2.38. The van der Waals surface area contributed by atoms with Crippen LogP contribution in [0.5, 0.6) is 0 Å². The summed E-state index contributed by atoms with van der Waals surface area (Å²) in [5.74, 6) is 0.107. The molecule has 0 fully saturated rings. The number of nitrogens with two attached hydrogens (primary N) is 1. The molecular formula is C59H54N2. The van der Waals surface area contributed by atoms with Crippen LogP contribution in [0.4, 0.5) is 0 Å². The van der Waals surface area contributed by atoms with E-state index in [-0.39, 0.29) is 11.3 Å². The second-order valence-corrected chi connectivity index (χ2v) is 16.4. The molecule has 0 amide bonds. The molecule has 2 nitrogen and oxygen atoms in total. The van der Waals surface area contributed by atoms with Crippen molar-refractivity contribution in [2.45, 2.75) is 44.9 Å². The fourth-order valence-corrected chi connectivity index (χ4v) is 9.11. The first-order valence-electron chi connectivity index (χ1n) is 21.3. The van der Waals surface area contributed by atoms with E-state index in [1.807, 2.05) is 12.2 Å². The standard InChI is InChI=1S/C59H54N2/c1-6-49(31-17-16-23-44(24-22-38-60)36-37-48(46-27-12-8-13-28-46)39-42(2)45-25-10-7-11-26-45)61-56-35-21-20-33-51(56)54-40-55-53(41-57(54)61)43(3)58(59(55,4)5)52-34-19-18-32-50(52)47-29-14-9-15-30-47/h6-22,24-29,31-41,48H,1,3,23,30,60H2,2,4-5H3/b17-16-,37-36+,38-22-,42-39+,44-24-,49-31+,50-47-,58-52+. The van der Waals surface area contributed by atoms with Crippen LogP contribution in [-0.4, -0.2) is 4.57 Å². The van der Waals surface area contributed by atoms with Crippen LogP contribution in [0.2, 0.25) is 0 Å². The summed E-state index contributed by atoms with van der Waals surface area (Å²) in [5, 5.41) is 4.99. The molecule has 2 aliphatic rings. The largest absolute Gasteiger partial charge is 0.405 e. The number of hydrogen-bond acceptors (Lipinski definition) is 1. The Morgan fingerprint density at radius 3 is 2.26 bits per heavy atom. The first-order valence-corrected chi connectivity index (χ1v) is 21.3. The van der Waals surface area contributed by atoms with Gasteiger partial charge in [-0.15, -0.1) is 0 Å². The molecule has 0 aliphatic heterocycles. The molecule has 2 aliphatic carbocycles. The van der Waals surface area contributed by atoms with E-state index in [0.717, 1.165) is 40.7 Å². The Bertz CT molecular complexity index is 3020. The summed E-state index contributed by atoms with van der Waals surface area (Å²) >= 11 is 0. The smallest absolute Gasteiger partial charge is 0.0547 e. The lowest BCUT2D eigenvalue weighted by Crippen LogP contribution is -2.33. The van der Waals surface area contributed by atoms with Gasteiger partial charge in [-0.05, 0) is 123 Å². The molecule has 6 aromatic rings. The number of fused-ring (bicyclic) bond motifs is 4. The number of para-hydroxylation sites is 1. The number of nitrogens with zero attached hydrogens (tertiary/aromatic N) is 1. The van der Waals surface area contributed by atoms with Crippen molar-refractivity contribution in [1.29, 1.82) is 0 Å². The van der Waals surface area contributed by atoms with Gasteiger partial charge in [0.2, 0.25) is 0 Å². The molecule has 0 spiro atoms. The summed E-state index contributed by atoms with van der Waals surface area (Å²) in [7, 11) is 0. The van der Waals surface area contributed by atoms with Crippen LogP contribution >= 0.6 is 0 Å². The molecule has 1 unspecified atom stereocenters. The van der Waals surface area contributed by atoms with Crippen molar-refractivity contribution in [3.63, 3.8) is 0 Å². The Morgan fingerprint density at radius 2 is 1.52 bits per heavy atom. The van der Waals surface area contributed by atoms with Crippen LogP contribution in [-0.2, 0) is 5.41 Å². The third-order valence-corrected chi connectivity index (χ3v) is 12.2. The Morgan fingerprint density at radius 1 is 0.803 bits per heavy atom. The first kappa shape index (κ1) is 40.6. The monoisotopic (exact) mass is 790 g/mol. The van der Waals surface area contributed by atoms with Gasteiger partial charge in [-0.1, -0.05) is 191 Å². The minimum Gasteiger partial charge on any atom is -0.405 e. The van der Waals surface area contributed by atoms with E-state index in [4.69, 9.17) is 12.3 Å². The van der Waals surface area contributed by atoms with Gasteiger partial charge in [-0.25, -0.2) is 0 Å². The molecule has 0 saturated carbocycles. The molecule has 0 saturated heterocycles. The van der Waals surface area contributed by atoms with E-state index in [1.54, 1.807) is 6.20 Å².